The van der Waals surface area contributed by atoms with Gasteiger partial charge in [-0.15, -0.1) is 0 Å². The molecule has 3 N–H and O–H groups in total. The Kier molecular flexibility index (Phi) is 6.69. The monoisotopic (exact) mass is 452 g/mol. The SMILES string of the molecule is CCOc1ccc(Cc2cc([C@@H]3O[C@H](CF)[C@@H](O)[C@H](O)[C@H]3O)c3c(c2Cl)OCC3)cc1. The quantitative estimate of drug-likeness (QED) is 0.624. The minimum atomic E-state index is -1.53. The van der Waals surface area contributed by atoms with Crippen molar-refractivity contribution in [1.82, 2.24) is 0 Å². The molecule has 168 valence electrons. The largest absolute Gasteiger partial charge is 0.494 e. The number of fused-ring (bicyclic) bond motifs is 1. The van der Waals surface area contributed by atoms with Crippen molar-refractivity contribution in [3.63, 3.8) is 0 Å². The highest BCUT2D eigenvalue weighted by Gasteiger charge is 2.45. The van der Waals surface area contributed by atoms with Gasteiger partial charge in [-0.3, -0.25) is 0 Å². The summed E-state index contributed by atoms with van der Waals surface area (Å²) in [5.74, 6) is 1.30. The summed E-state index contributed by atoms with van der Waals surface area (Å²) in [4.78, 5) is 0. The van der Waals surface area contributed by atoms with Crippen LogP contribution >= 0.6 is 11.6 Å². The Balaban J connectivity index is 1.70. The Labute approximate surface area is 185 Å². The number of alkyl halides is 1. The number of halogens is 2. The number of ether oxygens (including phenoxy) is 3. The first kappa shape index (κ1) is 22.3. The van der Waals surface area contributed by atoms with Crippen LogP contribution in [0.25, 0.3) is 0 Å². The number of benzene rings is 2. The average Bonchev–Trinajstić information content (AvgIpc) is 3.27. The number of rotatable bonds is 6. The lowest BCUT2D eigenvalue weighted by atomic mass is 9.87. The molecule has 0 amide bonds. The zero-order valence-corrected chi connectivity index (χ0v) is 17.9. The van der Waals surface area contributed by atoms with E-state index in [9.17, 15) is 19.7 Å². The smallest absolute Gasteiger partial charge is 0.141 e. The van der Waals surface area contributed by atoms with E-state index >= 15 is 0 Å². The zero-order valence-electron chi connectivity index (χ0n) is 17.1. The standard InChI is InChI=1S/C23H26ClFO6/c1-2-29-14-5-3-12(4-6-14)9-13-10-16(15-7-8-30-22(15)18(13)24)23-21(28)20(27)19(26)17(11-25)31-23/h3-6,10,17,19-21,23,26-28H,2,7-9,11H2,1H3/t17-,19-,20+,21-,23+/m1/s1. The summed E-state index contributed by atoms with van der Waals surface area (Å²) in [5.41, 5.74) is 3.12. The first-order valence-corrected chi connectivity index (χ1v) is 10.8. The lowest BCUT2D eigenvalue weighted by Gasteiger charge is -2.40. The van der Waals surface area contributed by atoms with E-state index in [0.717, 1.165) is 22.4 Å². The van der Waals surface area contributed by atoms with Crippen LogP contribution in [-0.4, -0.2) is 59.6 Å². The van der Waals surface area contributed by atoms with E-state index in [2.05, 4.69) is 0 Å². The molecule has 5 atom stereocenters. The first-order chi connectivity index (χ1) is 14.9. The van der Waals surface area contributed by atoms with Crippen molar-refractivity contribution in [2.24, 2.45) is 0 Å². The van der Waals surface area contributed by atoms with Gasteiger partial charge < -0.3 is 29.5 Å². The van der Waals surface area contributed by atoms with Crippen LogP contribution in [0.4, 0.5) is 4.39 Å². The molecule has 0 unspecified atom stereocenters. The van der Waals surface area contributed by atoms with Gasteiger partial charge in [0.2, 0.25) is 0 Å². The fourth-order valence-corrected chi connectivity index (χ4v) is 4.51. The summed E-state index contributed by atoms with van der Waals surface area (Å²) in [6, 6.07) is 9.48. The molecule has 2 aromatic carbocycles. The third kappa shape index (κ3) is 4.25. The summed E-state index contributed by atoms with van der Waals surface area (Å²) in [6.07, 6.45) is -5.63. The van der Waals surface area contributed by atoms with Gasteiger partial charge in [0, 0.05) is 12.0 Å². The highest BCUT2D eigenvalue weighted by Crippen LogP contribution is 2.44. The molecule has 8 heteroatoms. The first-order valence-electron chi connectivity index (χ1n) is 10.4. The molecule has 2 heterocycles. The lowest BCUT2D eigenvalue weighted by molar-refractivity contribution is -0.227. The maximum Gasteiger partial charge on any atom is 0.141 e. The Bertz CT molecular complexity index is 919. The van der Waals surface area contributed by atoms with E-state index in [1.54, 1.807) is 0 Å². The Morgan fingerprint density at radius 2 is 1.87 bits per heavy atom. The van der Waals surface area contributed by atoms with Crippen LogP contribution in [0.5, 0.6) is 11.5 Å². The van der Waals surface area contributed by atoms with E-state index in [1.807, 2.05) is 37.3 Å². The molecule has 0 saturated carbocycles. The van der Waals surface area contributed by atoms with E-state index in [0.29, 0.717) is 42.4 Å². The topological polar surface area (TPSA) is 88.4 Å². The molecule has 0 radical (unpaired) electrons. The van der Waals surface area contributed by atoms with Crippen LogP contribution in [-0.2, 0) is 17.6 Å². The highest BCUT2D eigenvalue weighted by molar-refractivity contribution is 6.33. The van der Waals surface area contributed by atoms with E-state index in [1.165, 1.54) is 0 Å². The van der Waals surface area contributed by atoms with Gasteiger partial charge in [-0.2, -0.15) is 0 Å². The number of aliphatic hydroxyl groups excluding tert-OH is 3. The van der Waals surface area contributed by atoms with E-state index in [4.69, 9.17) is 25.8 Å². The summed E-state index contributed by atoms with van der Waals surface area (Å²) >= 11 is 6.64. The van der Waals surface area contributed by atoms with Gasteiger partial charge in [0.25, 0.3) is 0 Å². The second-order valence-electron chi connectivity index (χ2n) is 7.82. The Hall–Kier alpha value is -1.90. The number of aliphatic hydroxyl groups is 3. The zero-order chi connectivity index (χ0) is 22.1. The van der Waals surface area contributed by atoms with Gasteiger partial charge in [0.15, 0.2) is 0 Å². The van der Waals surface area contributed by atoms with Crippen molar-refractivity contribution in [2.45, 2.75) is 50.3 Å². The van der Waals surface area contributed by atoms with Crippen LogP contribution in [0.1, 0.15) is 35.3 Å². The maximum atomic E-state index is 13.4. The van der Waals surface area contributed by atoms with Gasteiger partial charge in [0.1, 0.15) is 48.7 Å². The molecule has 2 aliphatic rings. The van der Waals surface area contributed by atoms with Crippen molar-refractivity contribution in [3.8, 4) is 11.5 Å². The van der Waals surface area contributed by atoms with Crippen molar-refractivity contribution in [1.29, 1.82) is 0 Å². The van der Waals surface area contributed by atoms with Crippen LogP contribution in [0.15, 0.2) is 30.3 Å². The molecule has 1 fully saturated rings. The molecule has 0 bridgehead atoms. The van der Waals surface area contributed by atoms with Crippen LogP contribution in [0, 0.1) is 0 Å². The van der Waals surface area contributed by atoms with Gasteiger partial charge in [-0.05, 0) is 42.2 Å². The number of hydrogen-bond acceptors (Lipinski definition) is 6. The predicted molar refractivity (Wildman–Crippen MR) is 113 cm³/mol. The molecule has 6 nitrogen and oxygen atoms in total. The minimum absolute atomic E-state index is 0.426. The van der Waals surface area contributed by atoms with Crippen LogP contribution < -0.4 is 9.47 Å². The van der Waals surface area contributed by atoms with E-state index < -0.39 is 37.2 Å². The second kappa shape index (κ2) is 9.30. The summed E-state index contributed by atoms with van der Waals surface area (Å²) in [7, 11) is 0. The van der Waals surface area contributed by atoms with Gasteiger partial charge in [0.05, 0.1) is 18.2 Å². The second-order valence-corrected chi connectivity index (χ2v) is 8.20. The van der Waals surface area contributed by atoms with Gasteiger partial charge in [-0.25, -0.2) is 4.39 Å². The van der Waals surface area contributed by atoms with Crippen molar-refractivity contribution >= 4 is 11.6 Å². The maximum absolute atomic E-state index is 13.4. The molecule has 2 aromatic rings. The molecule has 1 saturated heterocycles. The summed E-state index contributed by atoms with van der Waals surface area (Å²) in [5, 5.41) is 31.3. The van der Waals surface area contributed by atoms with Gasteiger partial charge in [-0.1, -0.05) is 29.8 Å². The van der Waals surface area contributed by atoms with Crippen molar-refractivity contribution in [3.05, 3.63) is 57.6 Å². The normalized spacial score (nSPS) is 27.6. The molecule has 0 spiro atoms. The molecule has 2 aliphatic heterocycles. The predicted octanol–water partition coefficient (Wildman–Crippen LogP) is 2.76. The summed E-state index contributed by atoms with van der Waals surface area (Å²) in [6.45, 7) is 1.95. The van der Waals surface area contributed by atoms with Crippen molar-refractivity contribution < 1.29 is 33.9 Å². The molecule has 4 rings (SSSR count). The number of hydrogen-bond donors (Lipinski definition) is 3. The van der Waals surface area contributed by atoms with Crippen LogP contribution in [0.2, 0.25) is 5.02 Å². The fourth-order valence-electron chi connectivity index (χ4n) is 4.22. The molecule has 0 aromatic heterocycles. The minimum Gasteiger partial charge on any atom is -0.494 e. The third-order valence-electron chi connectivity index (χ3n) is 5.83. The molecule has 31 heavy (non-hydrogen) atoms. The van der Waals surface area contributed by atoms with E-state index in [-0.39, 0.29) is 0 Å². The van der Waals surface area contributed by atoms with Crippen LogP contribution in [0.3, 0.4) is 0 Å². The average molecular weight is 453 g/mol. The molecular formula is C23H26ClFO6. The van der Waals surface area contributed by atoms with Gasteiger partial charge >= 0.3 is 0 Å². The summed E-state index contributed by atoms with van der Waals surface area (Å²) < 4.78 is 30.3. The van der Waals surface area contributed by atoms with Crippen molar-refractivity contribution in [2.75, 3.05) is 19.9 Å². The third-order valence-corrected chi connectivity index (χ3v) is 6.25. The molecule has 0 aliphatic carbocycles. The molecular weight excluding hydrogens is 427 g/mol. The Morgan fingerprint density at radius 1 is 1.13 bits per heavy atom. The fraction of sp³-hybridized carbons (Fsp3) is 0.478. The Morgan fingerprint density at radius 3 is 2.55 bits per heavy atom. The highest BCUT2D eigenvalue weighted by atomic mass is 35.5. The lowest BCUT2D eigenvalue weighted by Crippen LogP contribution is -2.54.